The highest BCUT2D eigenvalue weighted by Gasteiger charge is 2.23. The van der Waals surface area contributed by atoms with E-state index in [1.807, 2.05) is 24.3 Å². The summed E-state index contributed by atoms with van der Waals surface area (Å²) in [6.45, 7) is 5.84. The van der Waals surface area contributed by atoms with Crippen LogP contribution in [0.25, 0.3) is 11.1 Å². The first-order valence-corrected chi connectivity index (χ1v) is 13.9. The van der Waals surface area contributed by atoms with Gasteiger partial charge in [0.05, 0.1) is 13.2 Å². The van der Waals surface area contributed by atoms with E-state index < -0.39 is 11.6 Å². The summed E-state index contributed by atoms with van der Waals surface area (Å²) in [5.41, 5.74) is 2.35. The molecule has 3 rings (SSSR count). The lowest BCUT2D eigenvalue weighted by molar-refractivity contribution is -0.206. The molecule has 35 heavy (non-hydrogen) atoms. The third kappa shape index (κ3) is 8.68. The molecule has 1 saturated heterocycles. The van der Waals surface area contributed by atoms with Crippen LogP contribution in [0.1, 0.15) is 108 Å². The van der Waals surface area contributed by atoms with E-state index in [0.717, 1.165) is 24.8 Å². The minimum Gasteiger partial charge on any atom is -0.348 e. The molecule has 0 aromatic heterocycles. The summed E-state index contributed by atoms with van der Waals surface area (Å²) in [5.74, 6) is -1.00. The molecule has 1 aliphatic heterocycles. The fourth-order valence-corrected chi connectivity index (χ4v) is 4.86. The van der Waals surface area contributed by atoms with Crippen molar-refractivity contribution in [2.24, 2.45) is 5.92 Å². The van der Waals surface area contributed by atoms with Crippen LogP contribution in [0.5, 0.6) is 0 Å². The molecule has 0 saturated carbocycles. The molecule has 1 heterocycles. The Kier molecular flexibility index (Phi) is 12.2. The van der Waals surface area contributed by atoms with Gasteiger partial charge in [0.1, 0.15) is 0 Å². The second-order valence-corrected chi connectivity index (χ2v) is 10.1. The van der Waals surface area contributed by atoms with Gasteiger partial charge in [0.25, 0.3) is 0 Å². The van der Waals surface area contributed by atoms with Gasteiger partial charge in [-0.25, -0.2) is 8.78 Å². The largest absolute Gasteiger partial charge is 0.348 e. The summed E-state index contributed by atoms with van der Waals surface area (Å²) in [6.07, 6.45) is 14.5. The van der Waals surface area contributed by atoms with E-state index in [4.69, 9.17) is 9.47 Å². The van der Waals surface area contributed by atoms with Crippen LogP contribution in [0.2, 0.25) is 0 Å². The summed E-state index contributed by atoms with van der Waals surface area (Å²) < 4.78 is 41.5. The summed E-state index contributed by atoms with van der Waals surface area (Å²) in [6, 6.07) is 10.9. The van der Waals surface area contributed by atoms with Crippen LogP contribution in [-0.4, -0.2) is 13.2 Å². The van der Waals surface area contributed by atoms with Gasteiger partial charge in [-0.3, -0.25) is 0 Å². The molecule has 194 valence electrons. The lowest BCUT2D eigenvalue weighted by Crippen LogP contribution is -2.27. The fourth-order valence-electron chi connectivity index (χ4n) is 4.86. The molecule has 2 aromatic carbocycles. The van der Waals surface area contributed by atoms with Crippen LogP contribution in [-0.2, 0) is 15.9 Å². The molecular weight excluding hydrogens is 442 g/mol. The zero-order chi connectivity index (χ0) is 24.9. The first-order chi connectivity index (χ1) is 17.1. The molecule has 0 spiro atoms. The van der Waals surface area contributed by atoms with Crippen LogP contribution >= 0.6 is 0 Å². The monoisotopic (exact) mass is 486 g/mol. The van der Waals surface area contributed by atoms with Crippen molar-refractivity contribution in [3.8, 4) is 11.1 Å². The maximum Gasteiger partial charge on any atom is 0.183 e. The maximum atomic E-state index is 14.9. The average molecular weight is 487 g/mol. The minimum atomic E-state index is -0.755. The van der Waals surface area contributed by atoms with Crippen molar-refractivity contribution < 1.29 is 18.3 Å². The first-order valence-electron chi connectivity index (χ1n) is 13.9. The van der Waals surface area contributed by atoms with Crippen LogP contribution in [0.3, 0.4) is 0 Å². The Balaban J connectivity index is 1.49. The Hall–Kier alpha value is -1.78. The molecule has 1 aliphatic rings. The quantitative estimate of drug-likeness (QED) is 0.233. The predicted octanol–water partition coefficient (Wildman–Crippen LogP) is 9.56. The molecule has 1 fully saturated rings. The van der Waals surface area contributed by atoms with Crippen molar-refractivity contribution in [2.45, 2.75) is 104 Å². The Labute approximate surface area is 211 Å². The Morgan fingerprint density at radius 3 is 1.94 bits per heavy atom. The first kappa shape index (κ1) is 27.8. The number of aryl methyl sites for hydroxylation is 1. The Morgan fingerprint density at radius 2 is 1.29 bits per heavy atom. The number of unbranched alkanes of at least 4 members (excludes halogenated alkanes) is 9. The van der Waals surface area contributed by atoms with Gasteiger partial charge < -0.3 is 9.47 Å². The van der Waals surface area contributed by atoms with Gasteiger partial charge in [0, 0.05) is 17.0 Å². The SMILES string of the molecule is CCCCCCCCCc1ccc(-c2ccc(C3OCC(CCCCCC)CO3)cc2)c(F)c1F. The lowest BCUT2D eigenvalue weighted by atomic mass is 9.98. The molecule has 0 aliphatic carbocycles. The molecule has 2 nitrogen and oxygen atoms in total. The van der Waals surface area contributed by atoms with Gasteiger partial charge in [0.2, 0.25) is 0 Å². The number of hydrogen-bond donors (Lipinski definition) is 0. The molecule has 0 N–H and O–H groups in total. The normalized spacial score (nSPS) is 18.2. The van der Waals surface area contributed by atoms with Crippen molar-refractivity contribution in [3.05, 3.63) is 59.2 Å². The fraction of sp³-hybridized carbons (Fsp3) is 0.613. The zero-order valence-corrected chi connectivity index (χ0v) is 21.8. The number of halogens is 2. The van der Waals surface area contributed by atoms with Crippen molar-refractivity contribution in [3.63, 3.8) is 0 Å². The molecular formula is C31H44F2O2. The average Bonchev–Trinajstić information content (AvgIpc) is 2.89. The maximum absolute atomic E-state index is 14.9. The number of ether oxygens (including phenoxy) is 2. The number of rotatable bonds is 15. The molecule has 0 radical (unpaired) electrons. The van der Waals surface area contributed by atoms with Crippen LogP contribution in [0, 0.1) is 17.6 Å². The molecule has 0 atom stereocenters. The smallest absolute Gasteiger partial charge is 0.183 e. The van der Waals surface area contributed by atoms with E-state index in [9.17, 15) is 8.78 Å². The third-order valence-electron chi connectivity index (χ3n) is 7.14. The molecule has 2 aromatic rings. The standard InChI is InChI=1S/C31H44F2O2/c1-3-5-7-9-10-11-13-15-26-20-21-28(30(33)29(26)32)25-16-18-27(19-17-25)31-34-22-24(23-35-31)14-12-8-6-4-2/h16-21,24,31H,3-15,22-23H2,1-2H3. The van der Waals surface area contributed by atoms with Crippen LogP contribution in [0.15, 0.2) is 36.4 Å². The summed E-state index contributed by atoms with van der Waals surface area (Å²) in [7, 11) is 0. The highest BCUT2D eigenvalue weighted by Crippen LogP contribution is 2.31. The summed E-state index contributed by atoms with van der Waals surface area (Å²) in [5, 5.41) is 0. The van der Waals surface area contributed by atoms with E-state index in [1.165, 1.54) is 57.8 Å². The molecule has 0 bridgehead atoms. The van der Waals surface area contributed by atoms with Gasteiger partial charge in [-0.15, -0.1) is 0 Å². The van der Waals surface area contributed by atoms with E-state index >= 15 is 0 Å². The van der Waals surface area contributed by atoms with Crippen LogP contribution < -0.4 is 0 Å². The number of hydrogen-bond acceptors (Lipinski definition) is 2. The van der Waals surface area contributed by atoms with Crippen molar-refractivity contribution in [2.75, 3.05) is 13.2 Å². The van der Waals surface area contributed by atoms with Crippen LogP contribution in [0.4, 0.5) is 8.78 Å². The van der Waals surface area contributed by atoms with Crippen molar-refractivity contribution >= 4 is 0 Å². The van der Waals surface area contributed by atoms with E-state index in [-0.39, 0.29) is 6.29 Å². The van der Waals surface area contributed by atoms with Crippen molar-refractivity contribution in [1.82, 2.24) is 0 Å². The Bertz CT molecular complexity index is 857. The van der Waals surface area contributed by atoms with Gasteiger partial charge in [-0.2, -0.15) is 0 Å². The molecule has 4 heteroatoms. The highest BCUT2D eigenvalue weighted by atomic mass is 19.2. The second kappa shape index (κ2) is 15.4. The second-order valence-electron chi connectivity index (χ2n) is 10.1. The summed E-state index contributed by atoms with van der Waals surface area (Å²) in [4.78, 5) is 0. The minimum absolute atomic E-state index is 0.301. The van der Waals surface area contributed by atoms with Gasteiger partial charge in [-0.05, 0) is 30.4 Å². The van der Waals surface area contributed by atoms with E-state index in [0.29, 0.717) is 42.2 Å². The zero-order valence-electron chi connectivity index (χ0n) is 21.8. The lowest BCUT2D eigenvalue weighted by Gasteiger charge is -2.29. The Morgan fingerprint density at radius 1 is 0.686 bits per heavy atom. The third-order valence-corrected chi connectivity index (χ3v) is 7.14. The molecule has 0 amide bonds. The molecule has 0 unspecified atom stereocenters. The van der Waals surface area contributed by atoms with Gasteiger partial charge >= 0.3 is 0 Å². The van der Waals surface area contributed by atoms with E-state index in [2.05, 4.69) is 13.8 Å². The van der Waals surface area contributed by atoms with Crippen molar-refractivity contribution in [1.29, 1.82) is 0 Å². The summed E-state index contributed by atoms with van der Waals surface area (Å²) >= 11 is 0. The number of benzene rings is 2. The van der Waals surface area contributed by atoms with Gasteiger partial charge in [0.15, 0.2) is 17.9 Å². The highest BCUT2D eigenvalue weighted by molar-refractivity contribution is 5.65. The topological polar surface area (TPSA) is 18.5 Å². The van der Waals surface area contributed by atoms with Gasteiger partial charge in [-0.1, -0.05) is 114 Å². The predicted molar refractivity (Wildman–Crippen MR) is 140 cm³/mol. The van der Waals surface area contributed by atoms with E-state index in [1.54, 1.807) is 12.1 Å².